The van der Waals surface area contributed by atoms with E-state index in [1.165, 1.54) is 19.4 Å². The van der Waals surface area contributed by atoms with Crippen molar-refractivity contribution in [2.75, 3.05) is 13.1 Å². The highest BCUT2D eigenvalue weighted by Crippen LogP contribution is 2.24. The van der Waals surface area contributed by atoms with Crippen molar-refractivity contribution >= 4 is 0 Å². The molecule has 1 fully saturated rings. The van der Waals surface area contributed by atoms with Crippen molar-refractivity contribution in [2.24, 2.45) is 0 Å². The van der Waals surface area contributed by atoms with Gasteiger partial charge in [-0.05, 0) is 38.8 Å². The van der Waals surface area contributed by atoms with E-state index in [1.54, 1.807) is 0 Å². The normalized spacial score (nSPS) is 28.6. The number of hydrogen-bond acceptors (Lipinski definition) is 4. The molecule has 1 N–H and O–H groups in total. The third-order valence-corrected chi connectivity index (χ3v) is 4.21. The van der Waals surface area contributed by atoms with Crippen LogP contribution in [0.1, 0.15) is 50.4 Å². The van der Waals surface area contributed by atoms with Gasteiger partial charge >= 0.3 is 0 Å². The number of aromatic nitrogens is 3. The standard InChI is InChI=1S/C13H22N4O/c1-2-16-7-3-5-10(16)9-12-14-13-11(18)6-4-8-17(13)15-12/h10-11,18H,2-9H2,1H3. The summed E-state index contributed by atoms with van der Waals surface area (Å²) in [5.74, 6) is 1.69. The first-order valence-corrected chi connectivity index (χ1v) is 7.13. The van der Waals surface area contributed by atoms with Crippen LogP contribution in [0.4, 0.5) is 0 Å². The van der Waals surface area contributed by atoms with Gasteiger partial charge in [-0.3, -0.25) is 0 Å². The molecule has 0 spiro atoms. The van der Waals surface area contributed by atoms with Gasteiger partial charge in [-0.25, -0.2) is 9.67 Å². The second kappa shape index (κ2) is 4.97. The lowest BCUT2D eigenvalue weighted by molar-refractivity contribution is 0.130. The van der Waals surface area contributed by atoms with Crippen molar-refractivity contribution < 1.29 is 5.11 Å². The summed E-state index contributed by atoms with van der Waals surface area (Å²) in [5, 5.41) is 14.5. The van der Waals surface area contributed by atoms with E-state index in [-0.39, 0.29) is 0 Å². The van der Waals surface area contributed by atoms with Crippen molar-refractivity contribution in [1.82, 2.24) is 19.7 Å². The minimum atomic E-state index is -0.411. The topological polar surface area (TPSA) is 54.2 Å². The van der Waals surface area contributed by atoms with Gasteiger partial charge in [-0.15, -0.1) is 0 Å². The van der Waals surface area contributed by atoms with Crippen LogP contribution >= 0.6 is 0 Å². The summed E-state index contributed by atoms with van der Waals surface area (Å²) in [4.78, 5) is 7.05. The summed E-state index contributed by atoms with van der Waals surface area (Å²) < 4.78 is 1.90. The third-order valence-electron chi connectivity index (χ3n) is 4.21. The lowest BCUT2D eigenvalue weighted by Crippen LogP contribution is -2.31. The van der Waals surface area contributed by atoms with Gasteiger partial charge in [-0.2, -0.15) is 5.10 Å². The largest absolute Gasteiger partial charge is 0.385 e. The van der Waals surface area contributed by atoms with Crippen molar-refractivity contribution in [3.8, 4) is 0 Å². The number of aliphatic hydroxyl groups is 1. The Morgan fingerprint density at radius 1 is 1.28 bits per heavy atom. The molecule has 3 rings (SSSR count). The number of nitrogens with zero attached hydrogens (tertiary/aromatic N) is 4. The third kappa shape index (κ3) is 2.17. The molecule has 0 bridgehead atoms. The molecule has 5 heteroatoms. The van der Waals surface area contributed by atoms with Crippen LogP contribution < -0.4 is 0 Å². The van der Waals surface area contributed by atoms with E-state index in [2.05, 4.69) is 21.9 Å². The molecule has 5 nitrogen and oxygen atoms in total. The minimum Gasteiger partial charge on any atom is -0.385 e. The molecule has 0 amide bonds. The molecule has 0 aliphatic carbocycles. The smallest absolute Gasteiger partial charge is 0.156 e. The van der Waals surface area contributed by atoms with Gasteiger partial charge in [-0.1, -0.05) is 6.92 Å². The zero-order valence-electron chi connectivity index (χ0n) is 11.0. The van der Waals surface area contributed by atoms with Gasteiger partial charge in [0.15, 0.2) is 11.6 Å². The molecular weight excluding hydrogens is 228 g/mol. The summed E-state index contributed by atoms with van der Waals surface area (Å²) in [5.41, 5.74) is 0. The number of aryl methyl sites for hydroxylation is 1. The van der Waals surface area contributed by atoms with E-state index >= 15 is 0 Å². The second-order valence-corrected chi connectivity index (χ2v) is 5.40. The second-order valence-electron chi connectivity index (χ2n) is 5.40. The molecular formula is C13H22N4O. The maximum Gasteiger partial charge on any atom is 0.156 e. The number of likely N-dealkylation sites (tertiary alicyclic amines) is 1. The lowest BCUT2D eigenvalue weighted by atomic mass is 10.1. The highest BCUT2D eigenvalue weighted by molar-refractivity contribution is 5.01. The highest BCUT2D eigenvalue weighted by atomic mass is 16.3. The predicted octanol–water partition coefficient (Wildman–Crippen LogP) is 1.13. The van der Waals surface area contributed by atoms with Crippen LogP contribution in [0.15, 0.2) is 0 Å². The van der Waals surface area contributed by atoms with Crippen LogP contribution in [0.3, 0.4) is 0 Å². The Hall–Kier alpha value is -0.940. The number of fused-ring (bicyclic) bond motifs is 1. The summed E-state index contributed by atoms with van der Waals surface area (Å²) in [6.45, 7) is 5.44. The molecule has 0 aromatic carbocycles. The Morgan fingerprint density at radius 3 is 2.89 bits per heavy atom. The fourth-order valence-electron chi connectivity index (χ4n) is 3.22. The predicted molar refractivity (Wildman–Crippen MR) is 68.2 cm³/mol. The van der Waals surface area contributed by atoms with Crippen LogP contribution in [0, 0.1) is 0 Å². The van der Waals surface area contributed by atoms with Crippen LogP contribution in [0.5, 0.6) is 0 Å². The Balaban J connectivity index is 1.73. The Bertz CT molecular complexity index is 417. The highest BCUT2D eigenvalue weighted by Gasteiger charge is 2.27. The van der Waals surface area contributed by atoms with Gasteiger partial charge in [0.25, 0.3) is 0 Å². The summed E-state index contributed by atoms with van der Waals surface area (Å²) in [6.07, 6.45) is 4.88. The van der Waals surface area contributed by atoms with Crippen molar-refractivity contribution in [3.63, 3.8) is 0 Å². The molecule has 100 valence electrons. The molecule has 2 unspecified atom stereocenters. The van der Waals surface area contributed by atoms with Crippen LogP contribution in [0.2, 0.25) is 0 Å². The Morgan fingerprint density at radius 2 is 2.11 bits per heavy atom. The quantitative estimate of drug-likeness (QED) is 0.874. The number of rotatable bonds is 3. The van der Waals surface area contributed by atoms with Gasteiger partial charge in [0, 0.05) is 19.0 Å². The molecule has 2 aliphatic rings. The molecule has 1 aromatic rings. The molecule has 1 saturated heterocycles. The fraction of sp³-hybridized carbons (Fsp3) is 0.846. The SMILES string of the molecule is CCN1CCCC1Cc1nc2n(n1)CCCC2O. The Labute approximate surface area is 108 Å². The average molecular weight is 250 g/mol. The maximum atomic E-state index is 9.90. The van der Waals surface area contributed by atoms with E-state index in [0.29, 0.717) is 6.04 Å². The average Bonchev–Trinajstić information content (AvgIpc) is 2.96. The molecule has 0 saturated carbocycles. The van der Waals surface area contributed by atoms with Gasteiger partial charge in [0.1, 0.15) is 6.10 Å². The van der Waals surface area contributed by atoms with Crippen molar-refractivity contribution in [1.29, 1.82) is 0 Å². The lowest BCUT2D eigenvalue weighted by Gasteiger charge is -2.21. The van der Waals surface area contributed by atoms with E-state index < -0.39 is 6.10 Å². The zero-order chi connectivity index (χ0) is 12.5. The van der Waals surface area contributed by atoms with E-state index in [4.69, 9.17) is 0 Å². The Kier molecular flexibility index (Phi) is 3.35. The monoisotopic (exact) mass is 250 g/mol. The number of likely N-dealkylation sites (N-methyl/N-ethyl adjacent to an activating group) is 1. The van der Waals surface area contributed by atoms with Gasteiger partial charge in [0.05, 0.1) is 0 Å². The van der Waals surface area contributed by atoms with Gasteiger partial charge < -0.3 is 10.0 Å². The minimum absolute atomic E-state index is 0.411. The molecule has 0 radical (unpaired) electrons. The van der Waals surface area contributed by atoms with Crippen LogP contribution in [-0.2, 0) is 13.0 Å². The molecule has 1 aromatic heterocycles. The van der Waals surface area contributed by atoms with Crippen LogP contribution in [-0.4, -0.2) is 43.9 Å². The first-order chi connectivity index (χ1) is 8.78. The maximum absolute atomic E-state index is 9.90. The van der Waals surface area contributed by atoms with Crippen molar-refractivity contribution in [3.05, 3.63) is 11.6 Å². The molecule has 3 heterocycles. The summed E-state index contributed by atoms with van der Waals surface area (Å²) >= 11 is 0. The fourth-order valence-corrected chi connectivity index (χ4v) is 3.22. The first-order valence-electron chi connectivity index (χ1n) is 7.13. The number of hydrogen-bond donors (Lipinski definition) is 1. The summed E-state index contributed by atoms with van der Waals surface area (Å²) in [7, 11) is 0. The van der Waals surface area contributed by atoms with Gasteiger partial charge in [0.2, 0.25) is 0 Å². The van der Waals surface area contributed by atoms with Crippen LogP contribution in [0.25, 0.3) is 0 Å². The summed E-state index contributed by atoms with van der Waals surface area (Å²) in [6, 6.07) is 0.594. The van der Waals surface area contributed by atoms with E-state index in [9.17, 15) is 5.11 Å². The van der Waals surface area contributed by atoms with E-state index in [1.807, 2.05) is 4.68 Å². The van der Waals surface area contributed by atoms with Crippen molar-refractivity contribution in [2.45, 2.75) is 57.7 Å². The van der Waals surface area contributed by atoms with E-state index in [0.717, 1.165) is 44.0 Å². The molecule has 2 aliphatic heterocycles. The molecule has 2 atom stereocenters. The zero-order valence-corrected chi connectivity index (χ0v) is 11.0. The molecule has 18 heavy (non-hydrogen) atoms. The number of aliphatic hydroxyl groups excluding tert-OH is 1. The first kappa shape index (κ1) is 12.1.